The Morgan fingerprint density at radius 2 is 2.20 bits per heavy atom. The van der Waals surface area contributed by atoms with Crippen LogP contribution < -0.4 is 16.0 Å². The normalized spacial score (nSPS) is 19.4. The Morgan fingerprint density at radius 3 is 2.90 bits per heavy atom. The topological polar surface area (TPSA) is 82.2 Å². The number of rotatable bonds is 3. The van der Waals surface area contributed by atoms with Crippen LogP contribution in [0.15, 0.2) is 0 Å². The van der Waals surface area contributed by atoms with Crippen LogP contribution in [0.4, 0.5) is 10.7 Å². The zero-order valence-corrected chi connectivity index (χ0v) is 12.1. The van der Waals surface area contributed by atoms with Crippen molar-refractivity contribution in [1.29, 1.82) is 5.26 Å². The molecule has 1 aromatic rings. The lowest BCUT2D eigenvalue weighted by Crippen LogP contribution is -2.27. The number of nitrogens with zero attached hydrogens (tertiary/aromatic N) is 2. The Balaban J connectivity index is 1.95. The second-order valence-electron chi connectivity index (χ2n) is 5.37. The highest BCUT2D eigenvalue weighted by Gasteiger charge is 2.34. The first-order valence-electron chi connectivity index (χ1n) is 7.04. The van der Waals surface area contributed by atoms with Crippen molar-refractivity contribution in [2.75, 3.05) is 36.8 Å². The van der Waals surface area contributed by atoms with Crippen LogP contribution >= 0.6 is 11.3 Å². The maximum absolute atomic E-state index is 12.3. The van der Waals surface area contributed by atoms with Gasteiger partial charge in [-0.25, -0.2) is 0 Å². The van der Waals surface area contributed by atoms with Gasteiger partial charge in [-0.3, -0.25) is 4.79 Å². The SMILES string of the molecule is N#Cc1c(N2CCCNCC2)sc(C(=O)C2CC2)c1N. The Kier molecular flexibility index (Phi) is 3.64. The molecule has 0 atom stereocenters. The van der Waals surface area contributed by atoms with Crippen LogP contribution in [0.5, 0.6) is 0 Å². The number of carbonyl (C=O) groups excluding carboxylic acids is 1. The van der Waals surface area contributed by atoms with Crippen molar-refractivity contribution in [3.63, 3.8) is 0 Å². The Morgan fingerprint density at radius 1 is 1.40 bits per heavy atom. The number of ketones is 1. The summed E-state index contributed by atoms with van der Waals surface area (Å²) in [5.74, 6) is 0.268. The Hall–Kier alpha value is -1.58. The van der Waals surface area contributed by atoms with Gasteiger partial charge in [0.1, 0.15) is 16.6 Å². The molecule has 0 unspecified atom stereocenters. The molecule has 0 spiro atoms. The smallest absolute Gasteiger partial charge is 0.178 e. The van der Waals surface area contributed by atoms with Gasteiger partial charge in [0.05, 0.1) is 10.6 Å². The lowest BCUT2D eigenvalue weighted by atomic mass is 10.1. The van der Waals surface area contributed by atoms with Gasteiger partial charge in [-0.1, -0.05) is 0 Å². The number of nitrogens with two attached hydrogens (primary N) is 1. The van der Waals surface area contributed by atoms with Crippen LogP contribution in [0.1, 0.15) is 34.5 Å². The van der Waals surface area contributed by atoms with E-state index in [4.69, 9.17) is 5.73 Å². The fourth-order valence-corrected chi connectivity index (χ4v) is 3.77. The zero-order chi connectivity index (χ0) is 14.1. The van der Waals surface area contributed by atoms with E-state index in [1.165, 1.54) is 11.3 Å². The van der Waals surface area contributed by atoms with Crippen molar-refractivity contribution in [2.24, 2.45) is 5.92 Å². The van der Waals surface area contributed by atoms with Crippen LogP contribution in [-0.2, 0) is 0 Å². The molecule has 1 aromatic heterocycles. The number of hydrogen-bond donors (Lipinski definition) is 2. The maximum atomic E-state index is 12.3. The molecule has 20 heavy (non-hydrogen) atoms. The Labute approximate surface area is 122 Å². The van der Waals surface area contributed by atoms with Gasteiger partial charge >= 0.3 is 0 Å². The quantitative estimate of drug-likeness (QED) is 0.826. The molecule has 0 bridgehead atoms. The Bertz CT molecular complexity index is 562. The summed E-state index contributed by atoms with van der Waals surface area (Å²) in [4.78, 5) is 15.0. The fourth-order valence-electron chi connectivity index (χ4n) is 2.52. The van der Waals surface area contributed by atoms with Crippen LogP contribution in [0, 0.1) is 17.2 Å². The van der Waals surface area contributed by atoms with E-state index in [0.29, 0.717) is 16.1 Å². The van der Waals surface area contributed by atoms with Crippen molar-refractivity contribution in [3.05, 3.63) is 10.4 Å². The van der Waals surface area contributed by atoms with Crippen molar-refractivity contribution in [1.82, 2.24) is 5.32 Å². The average Bonchev–Trinajstić information content (AvgIpc) is 3.25. The minimum atomic E-state index is 0.128. The number of nitrogens with one attached hydrogen (secondary N) is 1. The summed E-state index contributed by atoms with van der Waals surface area (Å²) in [7, 11) is 0. The van der Waals surface area contributed by atoms with Crippen molar-refractivity contribution >= 4 is 27.8 Å². The highest BCUT2D eigenvalue weighted by atomic mass is 32.1. The van der Waals surface area contributed by atoms with Crippen LogP contribution in [0.2, 0.25) is 0 Å². The molecule has 0 aromatic carbocycles. The van der Waals surface area contributed by atoms with Crippen molar-refractivity contribution in [3.8, 4) is 6.07 Å². The molecule has 1 saturated heterocycles. The number of Topliss-reactive ketones (excluding diaryl/α,β-unsaturated/α-hetero) is 1. The molecule has 2 heterocycles. The average molecular weight is 290 g/mol. The monoisotopic (exact) mass is 290 g/mol. The minimum absolute atomic E-state index is 0.128. The molecule has 2 fully saturated rings. The van der Waals surface area contributed by atoms with Gasteiger partial charge in [0.15, 0.2) is 5.78 Å². The zero-order valence-electron chi connectivity index (χ0n) is 11.3. The molecule has 3 N–H and O–H groups in total. The first-order chi connectivity index (χ1) is 9.72. The molecular formula is C14H18N4OS. The van der Waals surface area contributed by atoms with Crippen molar-refractivity contribution in [2.45, 2.75) is 19.3 Å². The van der Waals surface area contributed by atoms with Crippen LogP contribution in [0.25, 0.3) is 0 Å². The summed E-state index contributed by atoms with van der Waals surface area (Å²) in [6.07, 6.45) is 2.95. The first kappa shape index (κ1) is 13.4. The van der Waals surface area contributed by atoms with Gasteiger partial charge in [-0.05, 0) is 25.8 Å². The third kappa shape index (κ3) is 2.39. The van der Waals surface area contributed by atoms with E-state index in [2.05, 4.69) is 16.3 Å². The second-order valence-corrected chi connectivity index (χ2v) is 6.37. The summed E-state index contributed by atoms with van der Waals surface area (Å²) in [5, 5.41) is 13.6. The summed E-state index contributed by atoms with van der Waals surface area (Å²) in [6.45, 7) is 3.64. The van der Waals surface area contributed by atoms with E-state index in [-0.39, 0.29) is 11.7 Å². The lowest BCUT2D eigenvalue weighted by molar-refractivity contribution is 0.0972. The second kappa shape index (κ2) is 5.43. The van der Waals surface area contributed by atoms with Crippen LogP contribution in [0.3, 0.4) is 0 Å². The molecule has 0 amide bonds. The lowest BCUT2D eigenvalue weighted by Gasteiger charge is -2.20. The minimum Gasteiger partial charge on any atom is -0.396 e. The first-order valence-corrected chi connectivity index (χ1v) is 7.86. The highest BCUT2D eigenvalue weighted by molar-refractivity contribution is 7.19. The van der Waals surface area contributed by atoms with Crippen LogP contribution in [-0.4, -0.2) is 32.0 Å². The summed E-state index contributed by atoms with van der Waals surface area (Å²) in [6, 6.07) is 2.19. The number of nitriles is 1. The van der Waals surface area contributed by atoms with E-state index < -0.39 is 0 Å². The third-order valence-electron chi connectivity index (χ3n) is 3.84. The standard InChI is InChI=1S/C14H18N4OS/c15-8-10-11(16)13(12(19)9-2-3-9)20-14(10)18-6-1-4-17-5-7-18/h9,17H,1-7,16H2. The number of anilines is 2. The van der Waals surface area contributed by atoms with Gasteiger partial charge in [0.25, 0.3) is 0 Å². The van der Waals surface area contributed by atoms with Gasteiger partial charge in [0.2, 0.25) is 0 Å². The van der Waals surface area contributed by atoms with Gasteiger partial charge in [-0.2, -0.15) is 5.26 Å². The molecule has 106 valence electrons. The summed E-state index contributed by atoms with van der Waals surface area (Å²) >= 11 is 1.40. The van der Waals surface area contributed by atoms with E-state index in [1.807, 2.05) is 0 Å². The number of thiophene rings is 1. The fraction of sp³-hybridized carbons (Fsp3) is 0.571. The molecular weight excluding hydrogens is 272 g/mol. The number of nitrogen functional groups attached to an aromatic ring is 1. The third-order valence-corrected chi connectivity index (χ3v) is 5.12. The summed E-state index contributed by atoms with van der Waals surface area (Å²) in [5.41, 5.74) is 6.93. The van der Waals surface area contributed by atoms with E-state index in [9.17, 15) is 10.1 Å². The van der Waals surface area contributed by atoms with E-state index in [0.717, 1.165) is 50.4 Å². The van der Waals surface area contributed by atoms with Gasteiger partial charge in [0, 0.05) is 25.6 Å². The molecule has 5 nitrogen and oxygen atoms in total. The molecule has 2 aliphatic rings. The number of hydrogen-bond acceptors (Lipinski definition) is 6. The molecule has 3 rings (SSSR count). The van der Waals surface area contributed by atoms with E-state index >= 15 is 0 Å². The maximum Gasteiger partial charge on any atom is 0.178 e. The number of carbonyl (C=O) groups is 1. The van der Waals surface area contributed by atoms with Gasteiger partial charge in [-0.15, -0.1) is 11.3 Å². The largest absolute Gasteiger partial charge is 0.396 e. The molecule has 0 radical (unpaired) electrons. The molecule has 1 aliphatic carbocycles. The van der Waals surface area contributed by atoms with Gasteiger partial charge < -0.3 is 16.0 Å². The molecule has 1 aliphatic heterocycles. The highest BCUT2D eigenvalue weighted by Crippen LogP contribution is 2.42. The summed E-state index contributed by atoms with van der Waals surface area (Å²) < 4.78 is 0. The predicted molar refractivity (Wildman–Crippen MR) is 80.2 cm³/mol. The van der Waals surface area contributed by atoms with E-state index in [1.54, 1.807) is 0 Å². The molecule has 1 saturated carbocycles. The molecule has 6 heteroatoms. The van der Waals surface area contributed by atoms with Crippen molar-refractivity contribution < 1.29 is 4.79 Å². The predicted octanol–water partition coefficient (Wildman–Crippen LogP) is 1.59.